The number of hydrogen-bond donors (Lipinski definition) is 2. The number of piperidine rings is 1. The third-order valence-electron chi connectivity index (χ3n) is 8.73. The van der Waals surface area contributed by atoms with Crippen LogP contribution in [0.1, 0.15) is 63.4 Å². The highest BCUT2D eigenvalue weighted by Gasteiger charge is 2.67. The summed E-state index contributed by atoms with van der Waals surface area (Å²) < 4.78 is 0. The summed E-state index contributed by atoms with van der Waals surface area (Å²) in [6, 6.07) is 8.48. The number of benzene rings is 1. The van der Waals surface area contributed by atoms with E-state index in [1.165, 1.54) is 5.57 Å². The summed E-state index contributed by atoms with van der Waals surface area (Å²) in [5, 5.41) is 23.8. The summed E-state index contributed by atoms with van der Waals surface area (Å²) in [6.07, 6.45) is 7.64. The molecule has 2 amide bonds. The zero-order valence-electron chi connectivity index (χ0n) is 20.8. The van der Waals surface area contributed by atoms with Gasteiger partial charge in [0, 0.05) is 30.0 Å². The normalized spacial score (nSPS) is 34.1. The van der Waals surface area contributed by atoms with Crippen molar-refractivity contribution >= 4 is 11.8 Å². The van der Waals surface area contributed by atoms with E-state index in [4.69, 9.17) is 5.26 Å². The molecule has 3 unspecified atom stereocenters. The summed E-state index contributed by atoms with van der Waals surface area (Å²) in [5.74, 6) is -0.329. The van der Waals surface area contributed by atoms with Crippen molar-refractivity contribution in [2.24, 2.45) is 23.2 Å². The fourth-order valence-corrected chi connectivity index (χ4v) is 5.94. The van der Waals surface area contributed by atoms with E-state index in [-0.39, 0.29) is 29.6 Å². The lowest BCUT2D eigenvalue weighted by Gasteiger charge is -2.54. The van der Waals surface area contributed by atoms with E-state index < -0.39 is 16.6 Å². The molecule has 2 fully saturated rings. The number of carbonyl (C=O) groups is 2. The second kappa shape index (κ2) is 8.39. The maximum atomic E-state index is 13.9. The van der Waals surface area contributed by atoms with E-state index in [2.05, 4.69) is 30.5 Å². The second-order valence-electron chi connectivity index (χ2n) is 11.0. The molecule has 1 heterocycles. The molecule has 6 nitrogen and oxygen atoms in total. The SMILES string of the molecule is CC1=CCC([C@@]2(O)CCN(C(=O)C3(NC(=O)c4ccc(C#N)cc4)C(C)C3C)CC2(C)C)C=C1. The Morgan fingerprint density at radius 2 is 1.82 bits per heavy atom. The highest BCUT2D eigenvalue weighted by atomic mass is 16.3. The molecule has 0 spiro atoms. The molecule has 1 aliphatic heterocycles. The van der Waals surface area contributed by atoms with Gasteiger partial charge in [-0.25, -0.2) is 0 Å². The van der Waals surface area contributed by atoms with Gasteiger partial charge in [0.05, 0.1) is 17.2 Å². The first-order valence-electron chi connectivity index (χ1n) is 12.2. The molecule has 4 atom stereocenters. The Balaban J connectivity index is 1.51. The van der Waals surface area contributed by atoms with Crippen molar-refractivity contribution in [3.63, 3.8) is 0 Å². The number of rotatable bonds is 4. The zero-order chi connectivity index (χ0) is 24.9. The fraction of sp³-hybridized carbons (Fsp3) is 0.536. The predicted octanol–water partition coefficient (Wildman–Crippen LogP) is 3.82. The average molecular weight is 462 g/mol. The van der Waals surface area contributed by atoms with Crippen LogP contribution < -0.4 is 5.32 Å². The van der Waals surface area contributed by atoms with Gasteiger partial charge in [0.2, 0.25) is 5.91 Å². The minimum Gasteiger partial charge on any atom is -0.389 e. The monoisotopic (exact) mass is 461 g/mol. The molecule has 1 aromatic carbocycles. The summed E-state index contributed by atoms with van der Waals surface area (Å²) in [4.78, 5) is 28.7. The Morgan fingerprint density at radius 1 is 1.18 bits per heavy atom. The van der Waals surface area contributed by atoms with Crippen molar-refractivity contribution < 1.29 is 14.7 Å². The number of nitrogens with zero attached hydrogens (tertiary/aromatic N) is 2. The molecule has 3 aliphatic rings. The average Bonchev–Trinajstić information content (AvgIpc) is 3.34. The maximum absolute atomic E-state index is 13.9. The van der Waals surface area contributed by atoms with E-state index in [9.17, 15) is 14.7 Å². The molecule has 2 aliphatic carbocycles. The van der Waals surface area contributed by atoms with Crippen LogP contribution in [-0.4, -0.2) is 46.1 Å². The van der Waals surface area contributed by atoms with Crippen molar-refractivity contribution in [1.29, 1.82) is 5.26 Å². The first-order chi connectivity index (χ1) is 16.0. The van der Waals surface area contributed by atoms with Crippen LogP contribution in [0.3, 0.4) is 0 Å². The van der Waals surface area contributed by atoms with E-state index in [1.54, 1.807) is 24.3 Å². The Kier molecular flexibility index (Phi) is 5.98. The standard InChI is InChI=1S/C28H35N3O3/c1-18-6-12-23(13-7-18)27(34)14-15-31(17-26(27,4)5)25(33)28(19(2)20(28)3)30-24(32)22-10-8-21(16-29)9-11-22/h6-12,19-20,23,34H,13-15,17H2,1-5H3,(H,30,32)/t19?,20?,23?,27-,28?/m0/s1. The van der Waals surface area contributed by atoms with Gasteiger partial charge in [0.15, 0.2) is 0 Å². The van der Waals surface area contributed by atoms with Gasteiger partial charge in [-0.1, -0.05) is 51.5 Å². The molecular formula is C28H35N3O3. The Morgan fingerprint density at radius 3 is 2.32 bits per heavy atom. The van der Waals surface area contributed by atoms with E-state index >= 15 is 0 Å². The molecule has 0 bridgehead atoms. The molecule has 0 aromatic heterocycles. The lowest BCUT2D eigenvalue weighted by Crippen LogP contribution is -2.64. The van der Waals surface area contributed by atoms with Crippen molar-refractivity contribution in [3.05, 3.63) is 59.2 Å². The zero-order valence-corrected chi connectivity index (χ0v) is 20.8. The van der Waals surface area contributed by atoms with Crippen LogP contribution in [0.5, 0.6) is 0 Å². The Labute approximate surface area is 202 Å². The number of aliphatic hydroxyl groups is 1. The van der Waals surface area contributed by atoms with Crippen LogP contribution in [0.15, 0.2) is 48.1 Å². The summed E-state index contributed by atoms with van der Waals surface area (Å²) in [5.41, 5.74) is -0.232. The Hall–Kier alpha value is -2.91. The molecule has 2 N–H and O–H groups in total. The van der Waals surface area contributed by atoms with E-state index in [0.717, 1.165) is 6.42 Å². The number of allylic oxidation sites excluding steroid dienone is 3. The summed E-state index contributed by atoms with van der Waals surface area (Å²) in [6.45, 7) is 11.0. The first-order valence-corrected chi connectivity index (χ1v) is 12.2. The van der Waals surface area contributed by atoms with Crippen molar-refractivity contribution in [3.8, 4) is 6.07 Å². The molecule has 34 heavy (non-hydrogen) atoms. The lowest BCUT2D eigenvalue weighted by atomic mass is 9.62. The molecule has 6 heteroatoms. The number of carbonyl (C=O) groups excluding carboxylic acids is 2. The minimum absolute atomic E-state index is 0.0145. The van der Waals surface area contributed by atoms with Crippen LogP contribution in [-0.2, 0) is 4.79 Å². The molecular weight excluding hydrogens is 426 g/mol. The quantitative estimate of drug-likeness (QED) is 0.713. The largest absolute Gasteiger partial charge is 0.389 e. The molecule has 1 saturated heterocycles. The molecule has 0 radical (unpaired) electrons. The lowest BCUT2D eigenvalue weighted by molar-refractivity contribution is -0.163. The number of amides is 2. The van der Waals surface area contributed by atoms with Crippen LogP contribution >= 0.6 is 0 Å². The number of likely N-dealkylation sites (tertiary alicyclic amines) is 1. The second-order valence-corrected chi connectivity index (χ2v) is 11.0. The summed E-state index contributed by atoms with van der Waals surface area (Å²) in [7, 11) is 0. The third-order valence-corrected chi connectivity index (χ3v) is 8.73. The van der Waals surface area contributed by atoms with Gasteiger partial charge in [-0.2, -0.15) is 5.26 Å². The van der Waals surface area contributed by atoms with E-state index in [1.807, 2.05) is 38.7 Å². The Bertz CT molecular complexity index is 1090. The van der Waals surface area contributed by atoms with Crippen molar-refractivity contribution in [2.45, 2.75) is 58.6 Å². The third kappa shape index (κ3) is 3.76. The molecule has 1 saturated carbocycles. The first kappa shape index (κ1) is 24.2. The van der Waals surface area contributed by atoms with Gasteiger partial charge in [-0.15, -0.1) is 0 Å². The summed E-state index contributed by atoms with van der Waals surface area (Å²) >= 11 is 0. The van der Waals surface area contributed by atoms with Gasteiger partial charge in [-0.3, -0.25) is 9.59 Å². The van der Waals surface area contributed by atoms with Gasteiger partial charge in [0.25, 0.3) is 5.91 Å². The molecule has 4 rings (SSSR count). The highest BCUT2D eigenvalue weighted by Crippen LogP contribution is 2.53. The number of nitriles is 1. The van der Waals surface area contributed by atoms with Crippen molar-refractivity contribution in [2.75, 3.05) is 13.1 Å². The number of nitrogens with one attached hydrogen (secondary N) is 1. The smallest absolute Gasteiger partial charge is 0.252 e. The maximum Gasteiger partial charge on any atom is 0.252 e. The minimum atomic E-state index is -0.943. The van der Waals surface area contributed by atoms with Crippen LogP contribution in [0.4, 0.5) is 0 Å². The van der Waals surface area contributed by atoms with Crippen LogP contribution in [0.25, 0.3) is 0 Å². The van der Waals surface area contributed by atoms with E-state index in [0.29, 0.717) is 30.6 Å². The fourth-order valence-electron chi connectivity index (χ4n) is 5.94. The van der Waals surface area contributed by atoms with Crippen LogP contribution in [0, 0.1) is 34.5 Å². The predicted molar refractivity (Wildman–Crippen MR) is 131 cm³/mol. The van der Waals surface area contributed by atoms with Crippen LogP contribution in [0.2, 0.25) is 0 Å². The number of hydrogen-bond acceptors (Lipinski definition) is 4. The van der Waals surface area contributed by atoms with Gasteiger partial charge in [-0.05, 0) is 55.9 Å². The van der Waals surface area contributed by atoms with Gasteiger partial charge in [0.1, 0.15) is 5.54 Å². The van der Waals surface area contributed by atoms with Crippen molar-refractivity contribution in [1.82, 2.24) is 10.2 Å². The highest BCUT2D eigenvalue weighted by molar-refractivity contribution is 6.01. The van der Waals surface area contributed by atoms with Gasteiger partial charge >= 0.3 is 0 Å². The molecule has 1 aromatic rings. The topological polar surface area (TPSA) is 93.4 Å². The van der Waals surface area contributed by atoms with Gasteiger partial charge < -0.3 is 15.3 Å². The molecule has 180 valence electrons.